The van der Waals surface area contributed by atoms with Gasteiger partial charge in [0.15, 0.2) is 4.47 Å². The molecule has 0 aliphatic carbocycles. The van der Waals surface area contributed by atoms with Crippen molar-refractivity contribution in [2.45, 2.75) is 13.5 Å². The van der Waals surface area contributed by atoms with Crippen LogP contribution in [0.4, 0.5) is 5.69 Å². The summed E-state index contributed by atoms with van der Waals surface area (Å²) in [6, 6.07) is 11.3. The monoisotopic (exact) mass is 364 g/mol. The summed E-state index contributed by atoms with van der Waals surface area (Å²) in [6.45, 7) is 2.43. The first-order valence-corrected chi connectivity index (χ1v) is 8.55. The van der Waals surface area contributed by atoms with Gasteiger partial charge in [0, 0.05) is 22.2 Å². The second kappa shape index (κ2) is 6.79. The number of hydrogen-bond donors (Lipinski definition) is 2. The van der Waals surface area contributed by atoms with Gasteiger partial charge < -0.3 is 10.4 Å². The van der Waals surface area contributed by atoms with E-state index in [1.54, 1.807) is 6.20 Å². The third-order valence-corrected chi connectivity index (χ3v) is 4.94. The number of rotatable bonds is 4. The molecule has 0 aliphatic heterocycles. The molecule has 3 rings (SSSR count). The van der Waals surface area contributed by atoms with Crippen molar-refractivity contribution in [1.82, 2.24) is 4.98 Å². The fourth-order valence-corrected chi connectivity index (χ4v) is 3.50. The van der Waals surface area contributed by atoms with Crippen LogP contribution in [0, 0.1) is 6.92 Å². The molecule has 0 aliphatic rings. The minimum Gasteiger partial charge on any atom is -0.507 e. The number of thiazole rings is 1. The van der Waals surface area contributed by atoms with Crippen LogP contribution < -0.4 is 5.32 Å². The average Bonchev–Trinajstić information content (AvgIpc) is 2.94. The zero-order valence-corrected chi connectivity index (χ0v) is 14.6. The molecule has 0 amide bonds. The van der Waals surface area contributed by atoms with Gasteiger partial charge in [-0.25, -0.2) is 4.98 Å². The molecule has 0 fully saturated rings. The van der Waals surface area contributed by atoms with Crippen molar-refractivity contribution in [2.24, 2.45) is 0 Å². The highest BCUT2D eigenvalue weighted by Crippen LogP contribution is 2.39. The van der Waals surface area contributed by atoms with Gasteiger partial charge >= 0.3 is 0 Å². The maximum atomic E-state index is 10.4. The van der Waals surface area contributed by atoms with Crippen molar-refractivity contribution < 1.29 is 5.11 Å². The molecular weight excluding hydrogens is 351 g/mol. The summed E-state index contributed by atoms with van der Waals surface area (Å²) in [5.74, 6) is 0.263. The van der Waals surface area contributed by atoms with E-state index in [0.29, 0.717) is 16.0 Å². The molecule has 0 spiro atoms. The van der Waals surface area contributed by atoms with Crippen LogP contribution in [0.3, 0.4) is 0 Å². The van der Waals surface area contributed by atoms with Crippen molar-refractivity contribution in [3.8, 4) is 16.9 Å². The second-order valence-electron chi connectivity index (χ2n) is 5.07. The first-order chi connectivity index (χ1) is 11.1. The SMILES string of the molecule is Cc1cccc(-c2cccc(Cl)c2NCc2cnc(Cl)s2)c1O. The molecule has 0 saturated carbocycles. The maximum Gasteiger partial charge on any atom is 0.183 e. The Kier molecular flexibility index (Phi) is 4.76. The topological polar surface area (TPSA) is 45.2 Å². The minimum atomic E-state index is 0.263. The third-order valence-electron chi connectivity index (χ3n) is 3.51. The lowest BCUT2D eigenvalue weighted by Crippen LogP contribution is -2.00. The van der Waals surface area contributed by atoms with Gasteiger partial charge in [0.1, 0.15) is 5.75 Å². The van der Waals surface area contributed by atoms with Crippen LogP contribution in [0.1, 0.15) is 10.4 Å². The first kappa shape index (κ1) is 16.1. The van der Waals surface area contributed by atoms with Gasteiger partial charge in [-0.15, -0.1) is 11.3 Å². The van der Waals surface area contributed by atoms with Crippen LogP contribution in [-0.2, 0) is 6.54 Å². The molecule has 3 nitrogen and oxygen atoms in total. The Morgan fingerprint density at radius 2 is 1.87 bits per heavy atom. The zero-order valence-electron chi connectivity index (χ0n) is 12.3. The molecule has 1 aromatic heterocycles. The normalized spacial score (nSPS) is 10.7. The molecule has 6 heteroatoms. The van der Waals surface area contributed by atoms with E-state index in [4.69, 9.17) is 23.2 Å². The lowest BCUT2D eigenvalue weighted by molar-refractivity contribution is 0.473. The molecular formula is C17H14Cl2N2OS. The Balaban J connectivity index is 1.98. The number of benzene rings is 2. The summed E-state index contributed by atoms with van der Waals surface area (Å²) in [6.07, 6.45) is 1.74. The minimum absolute atomic E-state index is 0.263. The molecule has 2 N–H and O–H groups in total. The Labute approximate surface area is 148 Å². The highest BCUT2D eigenvalue weighted by Gasteiger charge is 2.13. The first-order valence-electron chi connectivity index (χ1n) is 6.98. The van der Waals surface area contributed by atoms with Crippen LogP contribution in [0.15, 0.2) is 42.6 Å². The molecule has 3 aromatic rings. The summed E-state index contributed by atoms with van der Waals surface area (Å²) in [4.78, 5) is 5.04. The standard InChI is InChI=1S/C17H14Cl2N2OS/c1-10-4-2-6-13(16(10)22)12-5-3-7-14(18)15(12)20-8-11-9-21-17(19)23-11/h2-7,9,20,22H,8H2,1H3. The van der Waals surface area contributed by atoms with Gasteiger partial charge in [0.05, 0.1) is 17.3 Å². The van der Waals surface area contributed by atoms with Crippen molar-refractivity contribution in [1.29, 1.82) is 0 Å². The molecule has 0 unspecified atom stereocenters. The maximum absolute atomic E-state index is 10.4. The van der Waals surface area contributed by atoms with E-state index in [0.717, 1.165) is 27.3 Å². The van der Waals surface area contributed by atoms with Crippen LogP contribution in [0.25, 0.3) is 11.1 Å². The average molecular weight is 365 g/mol. The van der Waals surface area contributed by atoms with Crippen LogP contribution in [0.5, 0.6) is 5.75 Å². The van der Waals surface area contributed by atoms with Crippen molar-refractivity contribution in [3.05, 3.63) is 62.5 Å². The van der Waals surface area contributed by atoms with Gasteiger partial charge in [-0.3, -0.25) is 0 Å². The molecule has 0 saturated heterocycles. The van der Waals surface area contributed by atoms with Crippen LogP contribution in [0.2, 0.25) is 9.49 Å². The quantitative estimate of drug-likeness (QED) is 0.619. The number of aromatic hydroxyl groups is 1. The second-order valence-corrected chi connectivity index (χ2v) is 7.17. The van der Waals surface area contributed by atoms with Crippen molar-refractivity contribution >= 4 is 40.2 Å². The van der Waals surface area contributed by atoms with Gasteiger partial charge in [0.25, 0.3) is 0 Å². The predicted molar refractivity (Wildman–Crippen MR) is 97.7 cm³/mol. The lowest BCUT2D eigenvalue weighted by Gasteiger charge is -2.15. The van der Waals surface area contributed by atoms with Gasteiger partial charge in [-0.05, 0) is 18.6 Å². The Morgan fingerprint density at radius 1 is 1.13 bits per heavy atom. The van der Waals surface area contributed by atoms with Crippen LogP contribution in [-0.4, -0.2) is 10.1 Å². The Bertz CT molecular complexity index is 848. The fraction of sp³-hybridized carbons (Fsp3) is 0.118. The lowest BCUT2D eigenvalue weighted by atomic mass is 10.00. The number of nitrogens with zero attached hydrogens (tertiary/aromatic N) is 1. The molecule has 23 heavy (non-hydrogen) atoms. The van der Waals surface area contributed by atoms with E-state index in [-0.39, 0.29) is 5.75 Å². The largest absolute Gasteiger partial charge is 0.507 e. The molecule has 2 aromatic carbocycles. The fourth-order valence-electron chi connectivity index (χ4n) is 2.35. The number of hydrogen-bond acceptors (Lipinski definition) is 4. The Morgan fingerprint density at radius 3 is 2.61 bits per heavy atom. The van der Waals surface area contributed by atoms with E-state index in [1.165, 1.54) is 11.3 Å². The van der Waals surface area contributed by atoms with Crippen LogP contribution >= 0.6 is 34.5 Å². The predicted octanol–water partition coefficient (Wildman–Crippen LogP) is 5.74. The Hall–Kier alpha value is -1.75. The number of halogens is 2. The van der Waals surface area contributed by atoms with E-state index in [2.05, 4.69) is 10.3 Å². The van der Waals surface area contributed by atoms with E-state index in [9.17, 15) is 5.11 Å². The van der Waals surface area contributed by atoms with Gasteiger partial charge in [-0.2, -0.15) is 0 Å². The molecule has 1 heterocycles. The number of aryl methyl sites for hydroxylation is 1. The van der Waals surface area contributed by atoms with Gasteiger partial charge in [-0.1, -0.05) is 53.5 Å². The summed E-state index contributed by atoms with van der Waals surface area (Å²) < 4.78 is 0.512. The number of para-hydroxylation sites is 2. The number of phenols is 1. The number of aromatic nitrogens is 1. The summed E-state index contributed by atoms with van der Waals surface area (Å²) in [7, 11) is 0. The molecule has 118 valence electrons. The molecule has 0 atom stereocenters. The summed E-state index contributed by atoms with van der Waals surface area (Å²) >= 11 is 13.6. The number of anilines is 1. The molecule has 0 bridgehead atoms. The van der Waals surface area contributed by atoms with E-state index in [1.807, 2.05) is 43.3 Å². The highest BCUT2D eigenvalue weighted by molar-refractivity contribution is 7.15. The number of phenolic OH excluding ortho intramolecular Hbond substituents is 1. The van der Waals surface area contributed by atoms with E-state index >= 15 is 0 Å². The summed E-state index contributed by atoms with van der Waals surface area (Å²) in [5, 5.41) is 14.3. The molecule has 0 radical (unpaired) electrons. The summed E-state index contributed by atoms with van der Waals surface area (Å²) in [5.41, 5.74) is 3.20. The smallest absolute Gasteiger partial charge is 0.183 e. The number of nitrogens with one attached hydrogen (secondary N) is 1. The highest BCUT2D eigenvalue weighted by atomic mass is 35.5. The third kappa shape index (κ3) is 3.44. The van der Waals surface area contributed by atoms with Crippen molar-refractivity contribution in [3.63, 3.8) is 0 Å². The van der Waals surface area contributed by atoms with E-state index < -0.39 is 0 Å². The van der Waals surface area contributed by atoms with Crippen molar-refractivity contribution in [2.75, 3.05) is 5.32 Å². The zero-order chi connectivity index (χ0) is 16.4. The van der Waals surface area contributed by atoms with Gasteiger partial charge in [0.2, 0.25) is 0 Å².